The second-order valence-corrected chi connectivity index (χ2v) is 5.67. The van der Waals surface area contributed by atoms with Gasteiger partial charge >= 0.3 is 5.97 Å². The largest absolute Gasteiger partial charge is 0.480 e. The average Bonchev–Trinajstić information content (AvgIpc) is 3.03. The van der Waals surface area contributed by atoms with E-state index < -0.39 is 5.97 Å². The van der Waals surface area contributed by atoms with Crippen LogP contribution in [0.4, 0.5) is 4.39 Å². The molecule has 2 aromatic rings. The molecule has 1 saturated heterocycles. The number of rotatable bonds is 5. The normalized spacial score (nSPS) is 16.6. The van der Waals surface area contributed by atoms with Gasteiger partial charge in [-0.25, -0.2) is 9.07 Å². The molecule has 0 aliphatic carbocycles. The van der Waals surface area contributed by atoms with Crippen LogP contribution in [-0.2, 0) is 11.3 Å². The molecule has 1 fully saturated rings. The van der Waals surface area contributed by atoms with Crippen molar-refractivity contribution >= 4 is 5.97 Å². The Hall–Kier alpha value is -2.25. The van der Waals surface area contributed by atoms with Crippen LogP contribution >= 0.6 is 0 Å². The molecule has 3 rings (SSSR count). The molecule has 1 aliphatic heterocycles. The molecule has 0 radical (unpaired) electrons. The summed E-state index contributed by atoms with van der Waals surface area (Å²) in [5.74, 6) is -1.06. The van der Waals surface area contributed by atoms with Crippen molar-refractivity contribution in [3.8, 4) is 5.69 Å². The molecule has 0 bridgehead atoms. The predicted molar refractivity (Wildman–Crippen MR) is 82.9 cm³/mol. The maximum absolute atomic E-state index is 13.6. The van der Waals surface area contributed by atoms with Crippen LogP contribution in [0.3, 0.4) is 0 Å². The Morgan fingerprint density at radius 1 is 1.22 bits per heavy atom. The molecule has 1 aliphatic rings. The Morgan fingerprint density at radius 2 is 1.96 bits per heavy atom. The van der Waals surface area contributed by atoms with Crippen molar-refractivity contribution in [2.75, 3.05) is 32.7 Å². The van der Waals surface area contributed by atoms with Crippen LogP contribution in [0.1, 0.15) is 5.56 Å². The fraction of sp³-hybridized carbons (Fsp3) is 0.375. The Labute approximate surface area is 133 Å². The summed E-state index contributed by atoms with van der Waals surface area (Å²) in [6.45, 7) is 3.64. The molecule has 7 heteroatoms. The van der Waals surface area contributed by atoms with Crippen molar-refractivity contribution in [1.82, 2.24) is 19.6 Å². The minimum Gasteiger partial charge on any atom is -0.480 e. The quantitative estimate of drug-likeness (QED) is 0.898. The van der Waals surface area contributed by atoms with E-state index in [1.807, 2.05) is 17.2 Å². The number of piperazine rings is 1. The van der Waals surface area contributed by atoms with Crippen LogP contribution in [0.15, 0.2) is 36.7 Å². The number of carbonyl (C=O) groups is 1. The molecule has 0 unspecified atom stereocenters. The molecule has 0 saturated carbocycles. The molecule has 0 atom stereocenters. The lowest BCUT2D eigenvalue weighted by molar-refractivity contribution is -0.138. The van der Waals surface area contributed by atoms with Gasteiger partial charge in [0.2, 0.25) is 0 Å². The first-order valence-corrected chi connectivity index (χ1v) is 7.57. The van der Waals surface area contributed by atoms with Gasteiger partial charge in [0.1, 0.15) is 5.82 Å². The third kappa shape index (κ3) is 3.94. The lowest BCUT2D eigenvalue weighted by Gasteiger charge is -2.34. The Kier molecular flexibility index (Phi) is 4.68. The van der Waals surface area contributed by atoms with Crippen LogP contribution in [0.25, 0.3) is 5.69 Å². The van der Waals surface area contributed by atoms with E-state index >= 15 is 0 Å². The lowest BCUT2D eigenvalue weighted by atomic mass is 10.1. The van der Waals surface area contributed by atoms with E-state index in [0.717, 1.165) is 24.3 Å². The van der Waals surface area contributed by atoms with Crippen molar-refractivity contribution in [1.29, 1.82) is 0 Å². The molecular formula is C16H19FN4O2. The van der Waals surface area contributed by atoms with E-state index in [-0.39, 0.29) is 12.4 Å². The summed E-state index contributed by atoms with van der Waals surface area (Å²) in [7, 11) is 0. The Balaban J connectivity index is 1.69. The number of nitrogens with zero attached hydrogens (tertiary/aromatic N) is 4. The average molecular weight is 318 g/mol. The third-order valence-electron chi connectivity index (χ3n) is 4.01. The number of hydrogen-bond donors (Lipinski definition) is 1. The number of hydrogen-bond acceptors (Lipinski definition) is 4. The molecule has 6 nitrogen and oxygen atoms in total. The highest BCUT2D eigenvalue weighted by molar-refractivity contribution is 5.69. The summed E-state index contributed by atoms with van der Waals surface area (Å²) in [5, 5.41) is 13.0. The van der Waals surface area contributed by atoms with Crippen LogP contribution in [0.2, 0.25) is 0 Å². The van der Waals surface area contributed by atoms with Crippen LogP contribution in [-0.4, -0.2) is 63.4 Å². The SMILES string of the molecule is O=C(O)CN1CCN(Cc2cc(F)ccc2-n2cccn2)CC1. The highest BCUT2D eigenvalue weighted by Crippen LogP contribution is 2.18. The summed E-state index contributed by atoms with van der Waals surface area (Å²) >= 11 is 0. The number of aromatic nitrogens is 2. The van der Waals surface area contributed by atoms with Gasteiger partial charge in [0.25, 0.3) is 0 Å². The molecule has 1 N–H and O–H groups in total. The number of halogens is 1. The van der Waals surface area contributed by atoms with Crippen molar-refractivity contribution in [3.63, 3.8) is 0 Å². The monoisotopic (exact) mass is 318 g/mol. The smallest absolute Gasteiger partial charge is 0.317 e. The summed E-state index contributed by atoms with van der Waals surface area (Å²) < 4.78 is 15.4. The topological polar surface area (TPSA) is 61.6 Å². The lowest BCUT2D eigenvalue weighted by Crippen LogP contribution is -2.47. The molecule has 23 heavy (non-hydrogen) atoms. The van der Waals surface area contributed by atoms with Gasteiger partial charge in [-0.05, 0) is 29.8 Å². The molecule has 2 heterocycles. The Bertz CT molecular complexity index is 667. The zero-order valence-corrected chi connectivity index (χ0v) is 12.7. The summed E-state index contributed by atoms with van der Waals surface area (Å²) in [6, 6.07) is 6.54. The molecule has 1 aromatic carbocycles. The predicted octanol–water partition coefficient (Wildman–Crippen LogP) is 1.21. The van der Waals surface area contributed by atoms with E-state index in [2.05, 4.69) is 10.00 Å². The first-order chi connectivity index (χ1) is 11.1. The van der Waals surface area contributed by atoms with Crippen LogP contribution < -0.4 is 0 Å². The number of benzene rings is 1. The zero-order chi connectivity index (χ0) is 16.2. The second kappa shape index (κ2) is 6.89. The molecular weight excluding hydrogens is 299 g/mol. The first kappa shape index (κ1) is 15.6. The minimum absolute atomic E-state index is 0.0757. The van der Waals surface area contributed by atoms with Crippen LogP contribution in [0, 0.1) is 5.82 Å². The van der Waals surface area contributed by atoms with Gasteiger partial charge in [-0.1, -0.05) is 0 Å². The van der Waals surface area contributed by atoms with Crippen LogP contribution in [0.5, 0.6) is 0 Å². The van der Waals surface area contributed by atoms with Gasteiger partial charge in [-0.3, -0.25) is 14.6 Å². The van der Waals surface area contributed by atoms with Crippen molar-refractivity contribution < 1.29 is 14.3 Å². The fourth-order valence-electron chi connectivity index (χ4n) is 2.85. The molecule has 1 aromatic heterocycles. The maximum atomic E-state index is 13.6. The summed E-state index contributed by atoms with van der Waals surface area (Å²) in [6.07, 6.45) is 3.53. The molecule has 0 amide bonds. The summed E-state index contributed by atoms with van der Waals surface area (Å²) in [4.78, 5) is 14.9. The van der Waals surface area contributed by atoms with Gasteiger partial charge in [0.15, 0.2) is 0 Å². The van der Waals surface area contributed by atoms with Gasteiger partial charge < -0.3 is 5.11 Å². The van der Waals surface area contributed by atoms with Gasteiger partial charge in [-0.15, -0.1) is 0 Å². The van der Waals surface area contributed by atoms with E-state index in [1.54, 1.807) is 23.0 Å². The van der Waals surface area contributed by atoms with Gasteiger partial charge in [-0.2, -0.15) is 5.10 Å². The zero-order valence-electron chi connectivity index (χ0n) is 12.7. The van der Waals surface area contributed by atoms with E-state index in [0.29, 0.717) is 19.6 Å². The van der Waals surface area contributed by atoms with Gasteiger partial charge in [0.05, 0.1) is 12.2 Å². The first-order valence-electron chi connectivity index (χ1n) is 7.57. The Morgan fingerprint density at radius 3 is 2.61 bits per heavy atom. The van der Waals surface area contributed by atoms with E-state index in [1.165, 1.54) is 6.07 Å². The minimum atomic E-state index is -0.801. The van der Waals surface area contributed by atoms with E-state index in [4.69, 9.17) is 5.11 Å². The number of carboxylic acid groups (broad SMARTS) is 1. The summed E-state index contributed by atoms with van der Waals surface area (Å²) in [5.41, 5.74) is 1.74. The van der Waals surface area contributed by atoms with E-state index in [9.17, 15) is 9.18 Å². The van der Waals surface area contributed by atoms with Crippen molar-refractivity contribution in [2.24, 2.45) is 0 Å². The van der Waals surface area contributed by atoms with Crippen molar-refractivity contribution in [3.05, 3.63) is 48.0 Å². The highest BCUT2D eigenvalue weighted by Gasteiger charge is 2.20. The standard InChI is InChI=1S/C16H19FN4O2/c17-14-2-3-15(21-5-1-4-18-21)13(10-14)11-19-6-8-20(9-7-19)12-16(22)23/h1-5,10H,6-9,11-12H2,(H,22,23). The van der Waals surface area contributed by atoms with Gasteiger partial charge in [0, 0.05) is 45.1 Å². The fourth-order valence-corrected chi connectivity index (χ4v) is 2.85. The number of aliphatic carboxylic acids is 1. The second-order valence-electron chi connectivity index (χ2n) is 5.67. The third-order valence-corrected chi connectivity index (χ3v) is 4.01. The highest BCUT2D eigenvalue weighted by atomic mass is 19.1. The number of carboxylic acids is 1. The molecule has 0 spiro atoms. The van der Waals surface area contributed by atoms with Crippen molar-refractivity contribution in [2.45, 2.75) is 6.54 Å². The maximum Gasteiger partial charge on any atom is 0.317 e. The molecule has 122 valence electrons.